The van der Waals surface area contributed by atoms with E-state index in [4.69, 9.17) is 5.10 Å². The molecule has 0 unspecified atom stereocenters. The van der Waals surface area contributed by atoms with Gasteiger partial charge in [0.05, 0.1) is 17.9 Å². The molecular weight excluding hydrogens is 412 g/mol. The monoisotopic (exact) mass is 436 g/mol. The quantitative estimate of drug-likeness (QED) is 0.512. The lowest BCUT2D eigenvalue weighted by atomic mass is 10.0. The fraction of sp³-hybridized carbons (Fsp3) is 0.148. The molecule has 0 saturated heterocycles. The zero-order chi connectivity index (χ0) is 22.6. The first kappa shape index (κ1) is 20.7. The number of benzene rings is 3. The number of aromatic nitrogens is 2. The van der Waals surface area contributed by atoms with Crippen LogP contribution in [0.15, 0.2) is 91.0 Å². The number of hydrogen-bond acceptors (Lipinski definition) is 3. The van der Waals surface area contributed by atoms with Gasteiger partial charge in [0.25, 0.3) is 5.91 Å². The van der Waals surface area contributed by atoms with Crippen LogP contribution in [-0.2, 0) is 19.5 Å². The third-order valence-electron chi connectivity index (χ3n) is 5.89. The van der Waals surface area contributed by atoms with Crippen molar-refractivity contribution in [1.82, 2.24) is 20.0 Å². The minimum absolute atomic E-state index is 0.120. The van der Waals surface area contributed by atoms with E-state index >= 15 is 0 Å². The van der Waals surface area contributed by atoms with E-state index in [1.807, 2.05) is 78.9 Å². The van der Waals surface area contributed by atoms with Gasteiger partial charge in [-0.3, -0.25) is 4.79 Å². The van der Waals surface area contributed by atoms with Crippen molar-refractivity contribution in [1.29, 1.82) is 0 Å². The van der Waals surface area contributed by atoms with E-state index in [0.29, 0.717) is 31.6 Å². The Hall–Kier alpha value is -4.19. The molecule has 5 rings (SSSR count). The van der Waals surface area contributed by atoms with Gasteiger partial charge >= 0.3 is 6.03 Å². The molecule has 33 heavy (non-hydrogen) atoms. The highest BCUT2D eigenvalue weighted by atomic mass is 16.2. The first-order valence-corrected chi connectivity index (χ1v) is 11.0. The molecule has 4 aromatic rings. The number of urea groups is 1. The molecule has 1 aromatic heterocycles. The van der Waals surface area contributed by atoms with Crippen LogP contribution in [0.5, 0.6) is 0 Å². The van der Waals surface area contributed by atoms with Crippen molar-refractivity contribution >= 4 is 11.9 Å². The highest BCUT2D eigenvalue weighted by molar-refractivity contribution is 5.96. The molecule has 6 heteroatoms. The van der Waals surface area contributed by atoms with Gasteiger partial charge in [0.1, 0.15) is 0 Å². The summed E-state index contributed by atoms with van der Waals surface area (Å²) >= 11 is 0. The Labute approximate surface area is 192 Å². The van der Waals surface area contributed by atoms with Crippen LogP contribution in [0.25, 0.3) is 11.3 Å². The number of carbonyl (C=O) groups excluding carboxylic acids is 2. The van der Waals surface area contributed by atoms with Crippen LogP contribution in [0.3, 0.4) is 0 Å². The van der Waals surface area contributed by atoms with Crippen LogP contribution in [0.4, 0.5) is 4.79 Å². The first-order valence-electron chi connectivity index (χ1n) is 11.0. The van der Waals surface area contributed by atoms with Crippen molar-refractivity contribution in [2.45, 2.75) is 19.5 Å². The molecule has 2 heterocycles. The molecule has 0 radical (unpaired) electrons. The molecule has 2 amide bonds. The number of carbonyl (C=O) groups is 2. The third kappa shape index (κ3) is 4.28. The number of amides is 2. The predicted octanol–water partition coefficient (Wildman–Crippen LogP) is 4.51. The lowest BCUT2D eigenvalue weighted by molar-refractivity contribution is 0.0940. The summed E-state index contributed by atoms with van der Waals surface area (Å²) in [7, 11) is 0. The van der Waals surface area contributed by atoms with Crippen LogP contribution >= 0.6 is 0 Å². The van der Waals surface area contributed by atoms with Gasteiger partial charge in [0.15, 0.2) is 0 Å². The summed E-state index contributed by atoms with van der Waals surface area (Å²) in [6.45, 7) is 1.40. The summed E-state index contributed by atoms with van der Waals surface area (Å²) in [5.41, 5.74) is 5.11. The number of rotatable bonds is 4. The van der Waals surface area contributed by atoms with Crippen LogP contribution in [0.2, 0.25) is 0 Å². The van der Waals surface area contributed by atoms with Crippen molar-refractivity contribution < 1.29 is 9.59 Å². The predicted molar refractivity (Wildman–Crippen MR) is 127 cm³/mol. The molecule has 1 aliphatic heterocycles. The van der Waals surface area contributed by atoms with Crippen molar-refractivity contribution in [3.8, 4) is 11.3 Å². The van der Waals surface area contributed by atoms with Crippen molar-refractivity contribution in [3.63, 3.8) is 0 Å². The SMILES string of the molecule is O=C(NCc1ccccc1)N1CCc2c(c(-c3ccccc3)nn2C(=O)c2ccccc2)C1. The average Bonchev–Trinajstić information content (AvgIpc) is 3.27. The fourth-order valence-corrected chi connectivity index (χ4v) is 4.18. The molecule has 6 nitrogen and oxygen atoms in total. The van der Waals surface area contributed by atoms with Crippen LogP contribution in [-0.4, -0.2) is 33.2 Å². The largest absolute Gasteiger partial charge is 0.334 e. The van der Waals surface area contributed by atoms with E-state index < -0.39 is 0 Å². The van der Waals surface area contributed by atoms with Gasteiger partial charge in [-0.25, -0.2) is 4.79 Å². The second-order valence-corrected chi connectivity index (χ2v) is 8.04. The van der Waals surface area contributed by atoms with E-state index in [2.05, 4.69) is 5.32 Å². The van der Waals surface area contributed by atoms with Crippen molar-refractivity contribution in [2.75, 3.05) is 6.54 Å². The molecule has 1 N–H and O–H groups in total. The lowest BCUT2D eigenvalue weighted by Gasteiger charge is -2.28. The second kappa shape index (κ2) is 9.12. The molecule has 0 saturated carbocycles. The molecule has 0 spiro atoms. The Morgan fingerprint density at radius 2 is 1.48 bits per heavy atom. The Balaban J connectivity index is 1.44. The van der Waals surface area contributed by atoms with Crippen molar-refractivity contribution in [2.24, 2.45) is 0 Å². The van der Waals surface area contributed by atoms with Crippen molar-refractivity contribution in [3.05, 3.63) is 113 Å². The van der Waals surface area contributed by atoms with Gasteiger partial charge in [0, 0.05) is 36.2 Å². The summed E-state index contributed by atoms with van der Waals surface area (Å²) in [6, 6.07) is 28.7. The molecule has 164 valence electrons. The van der Waals surface area contributed by atoms with Gasteiger partial charge in [0.2, 0.25) is 0 Å². The standard InChI is InChI=1S/C27H24N4O2/c32-26(22-14-8-3-9-15-22)31-24-16-17-30(27(33)28-18-20-10-4-1-5-11-20)19-23(24)25(29-31)21-12-6-2-7-13-21/h1-15H,16-19H2,(H,28,33). The molecule has 0 fully saturated rings. The maximum atomic E-state index is 13.2. The highest BCUT2D eigenvalue weighted by Gasteiger charge is 2.30. The van der Waals surface area contributed by atoms with Gasteiger partial charge < -0.3 is 10.2 Å². The summed E-state index contributed by atoms with van der Waals surface area (Å²) in [5, 5.41) is 7.74. The van der Waals surface area contributed by atoms with E-state index in [-0.39, 0.29) is 11.9 Å². The number of fused-ring (bicyclic) bond motifs is 1. The van der Waals surface area contributed by atoms with Gasteiger partial charge in [-0.1, -0.05) is 78.9 Å². The van der Waals surface area contributed by atoms with E-state index in [1.165, 1.54) is 4.68 Å². The molecule has 0 atom stereocenters. The third-order valence-corrected chi connectivity index (χ3v) is 5.89. The summed E-state index contributed by atoms with van der Waals surface area (Å²) in [4.78, 5) is 27.9. The molecule has 0 aliphatic carbocycles. The second-order valence-electron chi connectivity index (χ2n) is 8.04. The number of hydrogen-bond donors (Lipinski definition) is 1. The minimum Gasteiger partial charge on any atom is -0.334 e. The van der Waals surface area contributed by atoms with Gasteiger partial charge in [-0.2, -0.15) is 9.78 Å². The molecule has 0 bridgehead atoms. The Morgan fingerprint density at radius 1 is 0.848 bits per heavy atom. The first-order chi connectivity index (χ1) is 16.2. The van der Waals surface area contributed by atoms with Gasteiger partial charge in [-0.15, -0.1) is 0 Å². The average molecular weight is 437 g/mol. The van der Waals surface area contributed by atoms with E-state index in [0.717, 1.165) is 28.1 Å². The van der Waals surface area contributed by atoms with Gasteiger partial charge in [-0.05, 0) is 17.7 Å². The molecular formula is C27H24N4O2. The molecule has 3 aromatic carbocycles. The maximum Gasteiger partial charge on any atom is 0.317 e. The summed E-state index contributed by atoms with van der Waals surface area (Å²) in [6.07, 6.45) is 0.562. The van der Waals surface area contributed by atoms with Crippen LogP contribution in [0.1, 0.15) is 27.2 Å². The normalized spacial score (nSPS) is 12.8. The Morgan fingerprint density at radius 3 is 2.18 bits per heavy atom. The highest BCUT2D eigenvalue weighted by Crippen LogP contribution is 2.30. The zero-order valence-corrected chi connectivity index (χ0v) is 18.1. The van der Waals surface area contributed by atoms with Crippen LogP contribution < -0.4 is 5.32 Å². The summed E-state index contributed by atoms with van der Waals surface area (Å²) in [5.74, 6) is -0.156. The lowest BCUT2D eigenvalue weighted by Crippen LogP contribution is -2.42. The Kier molecular flexibility index (Phi) is 5.72. The zero-order valence-electron chi connectivity index (χ0n) is 18.1. The number of nitrogens with zero attached hydrogens (tertiary/aromatic N) is 3. The number of nitrogens with one attached hydrogen (secondary N) is 1. The molecule has 1 aliphatic rings. The Bertz CT molecular complexity index is 1270. The van der Waals surface area contributed by atoms with E-state index in [1.54, 1.807) is 17.0 Å². The fourth-order valence-electron chi connectivity index (χ4n) is 4.18. The van der Waals surface area contributed by atoms with Crippen LogP contribution in [0, 0.1) is 0 Å². The topological polar surface area (TPSA) is 67.2 Å². The van der Waals surface area contributed by atoms with E-state index in [9.17, 15) is 9.59 Å². The summed E-state index contributed by atoms with van der Waals surface area (Å²) < 4.78 is 1.52. The smallest absolute Gasteiger partial charge is 0.317 e. The minimum atomic E-state index is -0.156. The maximum absolute atomic E-state index is 13.2.